The van der Waals surface area contributed by atoms with E-state index in [-0.39, 0.29) is 5.56 Å². The molecule has 19 heavy (non-hydrogen) atoms. The number of fused-ring (bicyclic) bond motifs is 1. The van der Waals surface area contributed by atoms with Gasteiger partial charge in [0.1, 0.15) is 0 Å². The van der Waals surface area contributed by atoms with Gasteiger partial charge in [0.25, 0.3) is 5.56 Å². The largest absolute Gasteiger partial charge is 0.326 e. The van der Waals surface area contributed by atoms with Gasteiger partial charge in [-0.1, -0.05) is 22.0 Å². The number of anilines is 2. The molecule has 0 saturated heterocycles. The van der Waals surface area contributed by atoms with Crippen molar-refractivity contribution in [3.63, 3.8) is 0 Å². The second-order valence-electron chi connectivity index (χ2n) is 4.68. The van der Waals surface area contributed by atoms with Gasteiger partial charge in [0.05, 0.1) is 5.69 Å². The molecule has 0 radical (unpaired) electrons. The fourth-order valence-electron chi connectivity index (χ4n) is 2.37. The Morgan fingerprint density at radius 3 is 2.95 bits per heavy atom. The molecule has 1 aliphatic rings. The quantitative estimate of drug-likeness (QED) is 0.894. The molecule has 1 heterocycles. The van der Waals surface area contributed by atoms with E-state index in [2.05, 4.69) is 31.2 Å². The Morgan fingerprint density at radius 2 is 2.11 bits per heavy atom. The van der Waals surface area contributed by atoms with Crippen molar-refractivity contribution in [2.24, 2.45) is 0 Å². The molecule has 1 aliphatic carbocycles. The van der Waals surface area contributed by atoms with Crippen LogP contribution in [0.5, 0.6) is 0 Å². The first-order valence-corrected chi connectivity index (χ1v) is 7.16. The zero-order valence-electron chi connectivity index (χ0n) is 10.4. The lowest BCUT2D eigenvalue weighted by Crippen LogP contribution is -2.22. The first-order chi connectivity index (χ1) is 9.22. The zero-order valence-corrected chi connectivity index (χ0v) is 12.0. The number of aromatic amines is 1. The Morgan fingerprint density at radius 1 is 1.26 bits per heavy atom. The SMILES string of the molecule is O=c1[nH]c(Nc2cccc(Br)c2)nc2c1CCCC2. The maximum absolute atomic E-state index is 12.0. The first-order valence-electron chi connectivity index (χ1n) is 6.37. The van der Waals surface area contributed by atoms with E-state index in [1.54, 1.807) is 0 Å². The van der Waals surface area contributed by atoms with Crippen LogP contribution in [-0.2, 0) is 12.8 Å². The average Bonchev–Trinajstić information content (AvgIpc) is 2.39. The third-order valence-corrected chi connectivity index (χ3v) is 3.77. The van der Waals surface area contributed by atoms with E-state index in [4.69, 9.17) is 0 Å². The highest BCUT2D eigenvalue weighted by atomic mass is 79.9. The number of aromatic nitrogens is 2. The van der Waals surface area contributed by atoms with Crippen LogP contribution in [0.2, 0.25) is 0 Å². The van der Waals surface area contributed by atoms with Crippen LogP contribution in [0.4, 0.5) is 11.6 Å². The van der Waals surface area contributed by atoms with Crippen LogP contribution in [-0.4, -0.2) is 9.97 Å². The van der Waals surface area contributed by atoms with Gasteiger partial charge in [-0.05, 0) is 43.9 Å². The number of H-pyrrole nitrogens is 1. The number of benzene rings is 1. The standard InChI is InChI=1S/C14H14BrN3O/c15-9-4-3-5-10(8-9)16-14-17-12-7-2-1-6-11(12)13(19)18-14/h3-5,8H,1-2,6-7H2,(H2,16,17,18,19). The highest BCUT2D eigenvalue weighted by molar-refractivity contribution is 9.10. The Balaban J connectivity index is 1.94. The van der Waals surface area contributed by atoms with Gasteiger partial charge in [0, 0.05) is 15.7 Å². The summed E-state index contributed by atoms with van der Waals surface area (Å²) >= 11 is 3.42. The lowest BCUT2D eigenvalue weighted by molar-refractivity contribution is 0.658. The van der Waals surface area contributed by atoms with E-state index in [1.165, 1.54) is 0 Å². The van der Waals surface area contributed by atoms with Crippen molar-refractivity contribution in [2.45, 2.75) is 25.7 Å². The van der Waals surface area contributed by atoms with E-state index >= 15 is 0 Å². The maximum Gasteiger partial charge on any atom is 0.255 e. The van der Waals surface area contributed by atoms with Crippen molar-refractivity contribution in [2.75, 3.05) is 5.32 Å². The summed E-state index contributed by atoms with van der Waals surface area (Å²) in [6.07, 6.45) is 3.93. The van der Waals surface area contributed by atoms with Crippen LogP contribution < -0.4 is 10.9 Å². The lowest BCUT2D eigenvalue weighted by atomic mass is 9.97. The molecule has 0 saturated carbocycles. The van der Waals surface area contributed by atoms with Gasteiger partial charge in [-0.2, -0.15) is 0 Å². The Kier molecular flexibility index (Phi) is 3.38. The summed E-state index contributed by atoms with van der Waals surface area (Å²) in [7, 11) is 0. The zero-order chi connectivity index (χ0) is 13.2. The molecule has 1 aromatic carbocycles. The molecule has 0 unspecified atom stereocenters. The number of halogens is 1. The van der Waals surface area contributed by atoms with Gasteiger partial charge in [-0.3, -0.25) is 9.78 Å². The minimum absolute atomic E-state index is 0.0119. The van der Waals surface area contributed by atoms with Crippen molar-refractivity contribution < 1.29 is 0 Å². The molecule has 2 N–H and O–H groups in total. The summed E-state index contributed by atoms with van der Waals surface area (Å²) in [5.74, 6) is 0.517. The van der Waals surface area contributed by atoms with Crippen molar-refractivity contribution in [1.82, 2.24) is 9.97 Å². The molecule has 0 bridgehead atoms. The minimum Gasteiger partial charge on any atom is -0.326 e. The topological polar surface area (TPSA) is 57.8 Å². The lowest BCUT2D eigenvalue weighted by Gasteiger charge is -2.15. The Hall–Kier alpha value is -1.62. The number of hydrogen-bond donors (Lipinski definition) is 2. The van der Waals surface area contributed by atoms with E-state index in [0.717, 1.165) is 47.1 Å². The first kappa shape index (κ1) is 12.4. The van der Waals surface area contributed by atoms with Gasteiger partial charge in [0.2, 0.25) is 5.95 Å². The molecule has 5 heteroatoms. The van der Waals surface area contributed by atoms with Crippen LogP contribution in [0.1, 0.15) is 24.1 Å². The second-order valence-corrected chi connectivity index (χ2v) is 5.60. The van der Waals surface area contributed by atoms with Gasteiger partial charge in [0.15, 0.2) is 0 Å². The average molecular weight is 320 g/mol. The van der Waals surface area contributed by atoms with Gasteiger partial charge < -0.3 is 5.32 Å². The highest BCUT2D eigenvalue weighted by Gasteiger charge is 2.15. The molecule has 0 aliphatic heterocycles. The molecule has 1 aromatic heterocycles. The maximum atomic E-state index is 12.0. The summed E-state index contributed by atoms with van der Waals surface area (Å²) in [6.45, 7) is 0. The van der Waals surface area contributed by atoms with E-state index < -0.39 is 0 Å². The normalized spacial score (nSPS) is 13.9. The molecular weight excluding hydrogens is 306 g/mol. The van der Waals surface area contributed by atoms with Crippen LogP contribution in [0.25, 0.3) is 0 Å². The smallest absolute Gasteiger partial charge is 0.255 e. The minimum atomic E-state index is -0.0119. The van der Waals surface area contributed by atoms with Gasteiger partial charge in [-0.15, -0.1) is 0 Å². The third-order valence-electron chi connectivity index (χ3n) is 3.28. The number of hydrogen-bond acceptors (Lipinski definition) is 3. The third kappa shape index (κ3) is 2.71. The predicted octanol–water partition coefficient (Wildman–Crippen LogP) is 3.15. The number of aryl methyl sites for hydroxylation is 1. The van der Waals surface area contributed by atoms with Crippen molar-refractivity contribution in [1.29, 1.82) is 0 Å². The van der Waals surface area contributed by atoms with Crippen molar-refractivity contribution >= 4 is 27.6 Å². The Labute approximate surface area is 119 Å². The summed E-state index contributed by atoms with van der Waals surface area (Å²) in [4.78, 5) is 19.3. The summed E-state index contributed by atoms with van der Waals surface area (Å²) in [5.41, 5.74) is 2.68. The molecular formula is C14H14BrN3O. The van der Waals surface area contributed by atoms with Crippen LogP contribution in [0.3, 0.4) is 0 Å². The summed E-state index contributed by atoms with van der Waals surface area (Å²) in [6, 6.07) is 7.76. The molecule has 0 spiro atoms. The molecule has 2 aromatic rings. The molecule has 0 atom stereocenters. The van der Waals surface area contributed by atoms with Crippen molar-refractivity contribution in [3.8, 4) is 0 Å². The van der Waals surface area contributed by atoms with Crippen LogP contribution in [0, 0.1) is 0 Å². The Bertz CT molecular complexity index is 666. The monoisotopic (exact) mass is 319 g/mol. The number of rotatable bonds is 2. The van der Waals surface area contributed by atoms with Gasteiger partial charge in [-0.25, -0.2) is 4.98 Å². The fourth-order valence-corrected chi connectivity index (χ4v) is 2.76. The molecule has 0 amide bonds. The molecule has 3 rings (SSSR count). The fraction of sp³-hybridized carbons (Fsp3) is 0.286. The molecule has 0 fully saturated rings. The predicted molar refractivity (Wildman–Crippen MR) is 78.9 cm³/mol. The van der Waals surface area contributed by atoms with Crippen LogP contribution in [0.15, 0.2) is 33.5 Å². The summed E-state index contributed by atoms with van der Waals surface area (Å²) in [5, 5.41) is 3.14. The van der Waals surface area contributed by atoms with Crippen LogP contribution >= 0.6 is 15.9 Å². The number of nitrogens with zero attached hydrogens (tertiary/aromatic N) is 1. The number of nitrogens with one attached hydrogen (secondary N) is 2. The van der Waals surface area contributed by atoms with Crippen molar-refractivity contribution in [3.05, 3.63) is 50.3 Å². The summed E-state index contributed by atoms with van der Waals surface area (Å²) < 4.78 is 0.984. The second kappa shape index (κ2) is 5.17. The van der Waals surface area contributed by atoms with Gasteiger partial charge >= 0.3 is 0 Å². The van der Waals surface area contributed by atoms with E-state index in [1.807, 2.05) is 24.3 Å². The molecule has 4 nitrogen and oxygen atoms in total. The van der Waals surface area contributed by atoms with E-state index in [9.17, 15) is 4.79 Å². The highest BCUT2D eigenvalue weighted by Crippen LogP contribution is 2.20. The molecule has 98 valence electrons. The van der Waals surface area contributed by atoms with E-state index in [0.29, 0.717) is 5.95 Å².